The molecule has 0 unspecified atom stereocenters. The summed E-state index contributed by atoms with van der Waals surface area (Å²) >= 11 is 0. The predicted octanol–water partition coefficient (Wildman–Crippen LogP) is 4.60. The molecule has 0 amide bonds. The number of benzene rings is 1. The van der Waals surface area contributed by atoms with Crippen LogP contribution < -0.4 is 0 Å². The zero-order chi connectivity index (χ0) is 12.8. The van der Waals surface area contributed by atoms with Crippen LogP contribution in [0.15, 0.2) is 24.4 Å². The van der Waals surface area contributed by atoms with Gasteiger partial charge in [0.15, 0.2) is 0 Å². The van der Waals surface area contributed by atoms with E-state index in [0.717, 1.165) is 0 Å². The van der Waals surface area contributed by atoms with Crippen LogP contribution in [0.2, 0.25) is 0 Å². The molecule has 0 atom stereocenters. The van der Waals surface area contributed by atoms with E-state index in [-0.39, 0.29) is 5.41 Å². The number of rotatable bonds is 1. The number of aryl methyl sites for hydroxylation is 1. The SMILES string of the molecule is CC(C)c1ccc2c(C(C)(C)C)cn(C)c2c1. The van der Waals surface area contributed by atoms with Gasteiger partial charge in [-0.05, 0) is 28.5 Å². The minimum Gasteiger partial charge on any atom is -0.350 e. The fourth-order valence-corrected chi connectivity index (χ4v) is 2.36. The van der Waals surface area contributed by atoms with E-state index in [1.54, 1.807) is 0 Å². The van der Waals surface area contributed by atoms with Crippen molar-refractivity contribution in [1.82, 2.24) is 4.57 Å². The van der Waals surface area contributed by atoms with Crippen LogP contribution in [0.3, 0.4) is 0 Å². The second-order valence-corrected chi connectivity index (χ2v) is 6.33. The fourth-order valence-electron chi connectivity index (χ4n) is 2.36. The zero-order valence-corrected chi connectivity index (χ0v) is 11.8. The first-order chi connectivity index (χ1) is 7.80. The zero-order valence-electron chi connectivity index (χ0n) is 11.8. The second-order valence-electron chi connectivity index (χ2n) is 6.33. The molecule has 0 saturated heterocycles. The maximum absolute atomic E-state index is 2.33. The highest BCUT2D eigenvalue weighted by Crippen LogP contribution is 2.32. The Morgan fingerprint density at radius 2 is 1.76 bits per heavy atom. The van der Waals surface area contributed by atoms with Crippen molar-refractivity contribution >= 4 is 10.9 Å². The number of hydrogen-bond donors (Lipinski definition) is 0. The Kier molecular flexibility index (Phi) is 2.81. The molecule has 0 spiro atoms. The molecule has 0 saturated carbocycles. The summed E-state index contributed by atoms with van der Waals surface area (Å²) in [4.78, 5) is 0. The van der Waals surface area contributed by atoms with Gasteiger partial charge in [0.1, 0.15) is 0 Å². The molecule has 17 heavy (non-hydrogen) atoms. The van der Waals surface area contributed by atoms with Crippen LogP contribution in [0, 0.1) is 0 Å². The van der Waals surface area contributed by atoms with Crippen molar-refractivity contribution in [2.45, 2.75) is 46.0 Å². The minimum absolute atomic E-state index is 0.207. The average molecular weight is 229 g/mol. The Labute approximate surface area is 104 Å². The third kappa shape index (κ3) is 2.11. The smallest absolute Gasteiger partial charge is 0.0483 e. The molecule has 92 valence electrons. The molecule has 0 bridgehead atoms. The molecule has 1 aromatic heterocycles. The van der Waals surface area contributed by atoms with Gasteiger partial charge in [-0.1, -0.05) is 46.8 Å². The molecule has 0 aliphatic rings. The Hall–Kier alpha value is -1.24. The van der Waals surface area contributed by atoms with Gasteiger partial charge in [0.05, 0.1) is 0 Å². The van der Waals surface area contributed by atoms with E-state index in [1.165, 1.54) is 22.0 Å². The molecule has 1 heterocycles. The van der Waals surface area contributed by atoms with Gasteiger partial charge in [0.2, 0.25) is 0 Å². The monoisotopic (exact) mass is 229 g/mol. The third-order valence-electron chi connectivity index (χ3n) is 3.49. The van der Waals surface area contributed by atoms with Gasteiger partial charge in [0, 0.05) is 24.1 Å². The van der Waals surface area contributed by atoms with E-state index in [1.807, 2.05) is 0 Å². The van der Waals surface area contributed by atoms with Crippen LogP contribution in [-0.4, -0.2) is 4.57 Å². The highest BCUT2D eigenvalue weighted by atomic mass is 14.9. The topological polar surface area (TPSA) is 4.93 Å². The molecule has 0 aliphatic heterocycles. The van der Waals surface area contributed by atoms with Crippen molar-refractivity contribution in [2.24, 2.45) is 7.05 Å². The predicted molar refractivity (Wildman–Crippen MR) is 75.7 cm³/mol. The lowest BCUT2D eigenvalue weighted by atomic mass is 9.86. The molecule has 1 aromatic carbocycles. The van der Waals surface area contributed by atoms with Gasteiger partial charge < -0.3 is 4.57 Å². The summed E-state index contributed by atoms with van der Waals surface area (Å²) in [6.45, 7) is 11.3. The summed E-state index contributed by atoms with van der Waals surface area (Å²) < 4.78 is 2.25. The number of aromatic nitrogens is 1. The van der Waals surface area contributed by atoms with Crippen LogP contribution >= 0.6 is 0 Å². The fraction of sp³-hybridized carbons (Fsp3) is 0.500. The lowest BCUT2D eigenvalue weighted by molar-refractivity contribution is 0.593. The molecule has 0 aliphatic carbocycles. The highest BCUT2D eigenvalue weighted by molar-refractivity contribution is 5.85. The van der Waals surface area contributed by atoms with E-state index < -0.39 is 0 Å². The normalized spacial score (nSPS) is 12.6. The quantitative estimate of drug-likeness (QED) is 0.673. The van der Waals surface area contributed by atoms with Gasteiger partial charge in [-0.25, -0.2) is 0 Å². The van der Waals surface area contributed by atoms with Crippen LogP contribution in [0.25, 0.3) is 10.9 Å². The van der Waals surface area contributed by atoms with Crippen molar-refractivity contribution in [3.05, 3.63) is 35.5 Å². The van der Waals surface area contributed by atoms with Crippen molar-refractivity contribution in [1.29, 1.82) is 0 Å². The summed E-state index contributed by atoms with van der Waals surface area (Å²) in [5.41, 5.74) is 4.41. The minimum atomic E-state index is 0.207. The first-order valence-electron chi connectivity index (χ1n) is 6.40. The lowest BCUT2D eigenvalue weighted by Crippen LogP contribution is -2.10. The summed E-state index contributed by atoms with van der Waals surface area (Å²) in [6.07, 6.45) is 2.27. The molecule has 2 rings (SSSR count). The Bertz CT molecular complexity index is 538. The molecule has 1 heteroatoms. The standard InChI is InChI=1S/C16H23N/c1-11(2)12-7-8-13-14(16(3,4)5)10-17(6)15(13)9-12/h7-11H,1-6H3. The van der Waals surface area contributed by atoms with Crippen molar-refractivity contribution < 1.29 is 0 Å². The highest BCUT2D eigenvalue weighted by Gasteiger charge is 2.19. The van der Waals surface area contributed by atoms with Gasteiger partial charge in [-0.15, -0.1) is 0 Å². The summed E-state index contributed by atoms with van der Waals surface area (Å²) in [6, 6.07) is 6.88. The van der Waals surface area contributed by atoms with E-state index in [4.69, 9.17) is 0 Å². The lowest BCUT2D eigenvalue weighted by Gasteiger charge is -2.17. The van der Waals surface area contributed by atoms with Crippen molar-refractivity contribution in [2.75, 3.05) is 0 Å². The van der Waals surface area contributed by atoms with Crippen molar-refractivity contribution in [3.63, 3.8) is 0 Å². The Balaban J connectivity index is 2.70. The van der Waals surface area contributed by atoms with Gasteiger partial charge >= 0.3 is 0 Å². The van der Waals surface area contributed by atoms with Gasteiger partial charge in [-0.3, -0.25) is 0 Å². The van der Waals surface area contributed by atoms with Crippen LogP contribution in [0.5, 0.6) is 0 Å². The Morgan fingerprint density at radius 3 is 2.29 bits per heavy atom. The van der Waals surface area contributed by atoms with E-state index in [0.29, 0.717) is 5.92 Å². The molecular formula is C16H23N. The number of nitrogens with zero attached hydrogens (tertiary/aromatic N) is 1. The summed E-state index contributed by atoms with van der Waals surface area (Å²) in [5, 5.41) is 1.39. The maximum atomic E-state index is 2.33. The third-order valence-corrected chi connectivity index (χ3v) is 3.49. The molecular weight excluding hydrogens is 206 g/mol. The molecule has 2 aromatic rings. The van der Waals surface area contributed by atoms with Crippen LogP contribution in [0.4, 0.5) is 0 Å². The maximum Gasteiger partial charge on any atom is 0.0483 e. The van der Waals surface area contributed by atoms with E-state index in [9.17, 15) is 0 Å². The largest absolute Gasteiger partial charge is 0.350 e. The van der Waals surface area contributed by atoms with E-state index in [2.05, 4.69) is 70.6 Å². The van der Waals surface area contributed by atoms with Crippen molar-refractivity contribution in [3.8, 4) is 0 Å². The summed E-state index contributed by atoms with van der Waals surface area (Å²) in [7, 11) is 2.14. The average Bonchev–Trinajstić information content (AvgIpc) is 2.55. The first kappa shape index (κ1) is 12.2. The van der Waals surface area contributed by atoms with Gasteiger partial charge in [-0.2, -0.15) is 0 Å². The molecule has 0 N–H and O–H groups in total. The second kappa shape index (κ2) is 3.90. The van der Waals surface area contributed by atoms with E-state index >= 15 is 0 Å². The first-order valence-corrected chi connectivity index (χ1v) is 6.40. The molecule has 0 fully saturated rings. The number of fused-ring (bicyclic) bond motifs is 1. The Morgan fingerprint density at radius 1 is 1.12 bits per heavy atom. The van der Waals surface area contributed by atoms with Crippen LogP contribution in [0.1, 0.15) is 51.7 Å². The van der Waals surface area contributed by atoms with Crippen LogP contribution in [-0.2, 0) is 12.5 Å². The molecule has 1 nitrogen and oxygen atoms in total. The van der Waals surface area contributed by atoms with Gasteiger partial charge in [0.25, 0.3) is 0 Å². The molecule has 0 radical (unpaired) electrons. The number of hydrogen-bond acceptors (Lipinski definition) is 0. The summed E-state index contributed by atoms with van der Waals surface area (Å²) in [5.74, 6) is 0.590.